The molecule has 1 fully saturated rings. The van der Waals surface area contributed by atoms with Crippen molar-refractivity contribution < 1.29 is 24.1 Å². The van der Waals surface area contributed by atoms with Crippen molar-refractivity contribution in [3.8, 4) is 34.4 Å². The molecule has 5 rings (SSSR count). The minimum Gasteiger partial charge on any atom is -0.493 e. The summed E-state index contributed by atoms with van der Waals surface area (Å²) in [5, 5.41) is 19.1. The van der Waals surface area contributed by atoms with Crippen molar-refractivity contribution in [2.45, 2.75) is 39.1 Å². The van der Waals surface area contributed by atoms with E-state index < -0.39 is 0 Å². The Labute approximate surface area is 262 Å². The molecule has 0 radical (unpaired) electrons. The van der Waals surface area contributed by atoms with E-state index in [1.807, 2.05) is 24.3 Å². The van der Waals surface area contributed by atoms with Gasteiger partial charge in [0.15, 0.2) is 6.29 Å². The molecule has 1 aliphatic heterocycles. The molecule has 0 amide bonds. The topological polar surface area (TPSA) is 105 Å². The summed E-state index contributed by atoms with van der Waals surface area (Å²) in [6, 6.07) is 21.0. The maximum Gasteiger partial charge on any atom is 0.153 e. The van der Waals surface area contributed by atoms with Gasteiger partial charge in [0, 0.05) is 43.7 Å². The molecule has 2 heterocycles. The average molecular weight is 612 g/mol. The molecule has 1 N–H and O–H groups in total. The van der Waals surface area contributed by atoms with Crippen molar-refractivity contribution in [3.63, 3.8) is 0 Å². The van der Waals surface area contributed by atoms with Crippen LogP contribution in [0.25, 0.3) is 11.1 Å². The number of likely N-dealkylation sites (tertiary alicyclic amines) is 1. The van der Waals surface area contributed by atoms with Crippen LogP contribution in [0.5, 0.6) is 17.2 Å². The van der Waals surface area contributed by atoms with Crippen LogP contribution in [0.3, 0.4) is 0 Å². The molecule has 8 nitrogen and oxygen atoms in total. The van der Waals surface area contributed by atoms with Crippen LogP contribution in [0.1, 0.15) is 45.5 Å². The van der Waals surface area contributed by atoms with Crippen LogP contribution >= 0.6 is 11.6 Å². The summed E-state index contributed by atoms with van der Waals surface area (Å²) in [5.41, 5.74) is 5.54. The number of nitrogens with zero attached hydrogens (tertiary/aromatic N) is 3. The third-order valence-corrected chi connectivity index (χ3v) is 7.85. The van der Waals surface area contributed by atoms with Crippen LogP contribution in [0.2, 0.25) is 5.02 Å². The number of benzene rings is 3. The fourth-order valence-electron chi connectivity index (χ4n) is 5.23. The summed E-state index contributed by atoms with van der Waals surface area (Å²) in [7, 11) is 0. The number of halogens is 1. The van der Waals surface area contributed by atoms with Crippen LogP contribution in [0.4, 0.5) is 0 Å². The van der Waals surface area contributed by atoms with E-state index in [9.17, 15) is 9.90 Å². The lowest BCUT2D eigenvalue weighted by Crippen LogP contribution is -2.24. The average Bonchev–Trinajstić information content (AvgIpc) is 3.47. The summed E-state index contributed by atoms with van der Waals surface area (Å²) in [5.74, 6) is 1.56. The molecular weight excluding hydrogens is 578 g/mol. The summed E-state index contributed by atoms with van der Waals surface area (Å²) in [4.78, 5) is 18.0. The molecule has 1 aromatic heterocycles. The fraction of sp³-hybridized carbons (Fsp3) is 0.286. The van der Waals surface area contributed by atoms with Crippen LogP contribution < -0.4 is 14.2 Å². The molecule has 0 spiro atoms. The Kier molecular flexibility index (Phi) is 10.5. The Balaban J connectivity index is 1.23. The highest BCUT2D eigenvalue weighted by Crippen LogP contribution is 2.34. The molecule has 0 bridgehead atoms. The molecule has 0 unspecified atom stereocenters. The van der Waals surface area contributed by atoms with Gasteiger partial charge in [-0.2, -0.15) is 5.26 Å². The molecule has 44 heavy (non-hydrogen) atoms. The van der Waals surface area contributed by atoms with Gasteiger partial charge in [0.05, 0.1) is 28.9 Å². The standard InChI is InChI=1S/C35H34ClN3O5/c1-24-31(7-3-8-33(24)42-12-4-10-39-11-9-30(41)20-39)28-6-2-5-25(14-28)22-44-35-16-34(29(21-40)15-32(35)36)43-23-27-13-26(17-37)18-38-19-27/h2-3,5-8,13-16,18-19,21,30,41H,4,9-12,20,22-23H2,1H3/t30-/m1/s1. The van der Waals surface area contributed by atoms with E-state index in [0.717, 1.165) is 60.5 Å². The maximum absolute atomic E-state index is 11.7. The van der Waals surface area contributed by atoms with E-state index in [2.05, 4.69) is 41.1 Å². The third kappa shape index (κ3) is 7.94. The van der Waals surface area contributed by atoms with Gasteiger partial charge in [-0.3, -0.25) is 9.78 Å². The largest absolute Gasteiger partial charge is 0.493 e. The number of hydrogen-bond acceptors (Lipinski definition) is 8. The van der Waals surface area contributed by atoms with Gasteiger partial charge in [0.2, 0.25) is 0 Å². The zero-order valence-electron chi connectivity index (χ0n) is 24.5. The zero-order valence-corrected chi connectivity index (χ0v) is 25.3. The van der Waals surface area contributed by atoms with Gasteiger partial charge >= 0.3 is 0 Å². The number of hydrogen-bond donors (Lipinski definition) is 1. The number of ether oxygens (including phenoxy) is 3. The normalized spacial score (nSPS) is 14.6. The van der Waals surface area contributed by atoms with Gasteiger partial charge in [-0.15, -0.1) is 0 Å². The van der Waals surface area contributed by atoms with Crippen LogP contribution in [0, 0.1) is 18.3 Å². The second kappa shape index (κ2) is 14.8. The molecule has 9 heteroatoms. The van der Waals surface area contributed by atoms with E-state index in [-0.39, 0.29) is 19.3 Å². The lowest BCUT2D eigenvalue weighted by molar-refractivity contribution is 0.111. The third-order valence-electron chi connectivity index (χ3n) is 7.55. The Morgan fingerprint density at radius 2 is 1.84 bits per heavy atom. The van der Waals surface area contributed by atoms with Crippen molar-refractivity contribution >= 4 is 17.9 Å². The second-order valence-corrected chi connectivity index (χ2v) is 11.2. The van der Waals surface area contributed by atoms with Crippen molar-refractivity contribution in [3.05, 3.63) is 106 Å². The number of β-amino-alcohol motifs (C(OH)–C–C–N with tert-alkyl or cyclic N) is 1. The highest BCUT2D eigenvalue weighted by atomic mass is 35.5. The number of aromatic nitrogens is 1. The first-order valence-electron chi connectivity index (χ1n) is 14.5. The highest BCUT2D eigenvalue weighted by molar-refractivity contribution is 6.32. The molecule has 226 valence electrons. The van der Waals surface area contributed by atoms with Crippen LogP contribution in [0.15, 0.2) is 73.1 Å². The van der Waals surface area contributed by atoms with E-state index >= 15 is 0 Å². The molecule has 1 atom stereocenters. The Hall–Kier alpha value is -4.42. The fourth-order valence-corrected chi connectivity index (χ4v) is 5.45. The summed E-state index contributed by atoms with van der Waals surface area (Å²) < 4.78 is 18.1. The van der Waals surface area contributed by atoms with Crippen LogP contribution in [-0.4, -0.2) is 53.6 Å². The van der Waals surface area contributed by atoms with Gasteiger partial charge in [-0.05, 0) is 66.3 Å². The first-order valence-corrected chi connectivity index (χ1v) is 14.9. The Bertz CT molecular complexity index is 1650. The SMILES string of the molecule is Cc1c(OCCCN2CC[C@@H](O)C2)cccc1-c1cccc(COc2cc(OCc3cncc(C#N)c3)c(C=O)cc2Cl)c1. The van der Waals surface area contributed by atoms with Gasteiger partial charge in [0.25, 0.3) is 0 Å². The minimum atomic E-state index is -0.203. The first kappa shape index (κ1) is 31.0. The number of nitriles is 1. The predicted molar refractivity (Wildman–Crippen MR) is 168 cm³/mol. The number of carbonyl (C=O) groups is 1. The number of carbonyl (C=O) groups excluding carboxylic acids is 1. The van der Waals surface area contributed by atoms with E-state index in [1.54, 1.807) is 18.3 Å². The smallest absolute Gasteiger partial charge is 0.153 e. The van der Waals surface area contributed by atoms with Crippen molar-refractivity contribution in [2.24, 2.45) is 0 Å². The molecular formula is C35H34ClN3O5. The van der Waals surface area contributed by atoms with Crippen molar-refractivity contribution in [1.82, 2.24) is 9.88 Å². The zero-order chi connectivity index (χ0) is 30.9. The maximum atomic E-state index is 11.7. The number of rotatable bonds is 13. The number of aliphatic hydroxyl groups excluding tert-OH is 1. The summed E-state index contributed by atoms with van der Waals surface area (Å²) in [6.07, 6.45) is 5.30. The number of aliphatic hydroxyl groups is 1. The van der Waals surface area contributed by atoms with Crippen molar-refractivity contribution in [2.75, 3.05) is 26.2 Å². The quantitative estimate of drug-likeness (QED) is 0.137. The monoisotopic (exact) mass is 611 g/mol. The Morgan fingerprint density at radius 3 is 2.64 bits per heavy atom. The predicted octanol–water partition coefficient (Wildman–Crippen LogP) is 6.39. The summed E-state index contributed by atoms with van der Waals surface area (Å²) >= 11 is 6.45. The van der Waals surface area contributed by atoms with Gasteiger partial charge in [0.1, 0.15) is 36.5 Å². The molecule has 0 aliphatic carbocycles. The minimum absolute atomic E-state index is 0.122. The second-order valence-electron chi connectivity index (χ2n) is 10.8. The van der Waals surface area contributed by atoms with E-state index in [1.165, 1.54) is 12.3 Å². The van der Waals surface area contributed by atoms with Gasteiger partial charge in [-0.25, -0.2) is 0 Å². The van der Waals surface area contributed by atoms with Crippen molar-refractivity contribution in [1.29, 1.82) is 5.26 Å². The molecule has 1 saturated heterocycles. The Morgan fingerprint density at radius 1 is 1.02 bits per heavy atom. The number of aldehydes is 1. The lowest BCUT2D eigenvalue weighted by atomic mass is 9.98. The van der Waals surface area contributed by atoms with Gasteiger partial charge < -0.3 is 24.2 Å². The first-order chi connectivity index (χ1) is 21.4. The molecule has 0 saturated carbocycles. The molecule has 4 aromatic rings. The molecule has 1 aliphatic rings. The highest BCUT2D eigenvalue weighted by Gasteiger charge is 2.19. The van der Waals surface area contributed by atoms with E-state index in [0.29, 0.717) is 46.1 Å². The van der Waals surface area contributed by atoms with Gasteiger partial charge in [-0.1, -0.05) is 41.9 Å². The van der Waals surface area contributed by atoms with Crippen LogP contribution in [-0.2, 0) is 13.2 Å². The number of pyridine rings is 1. The lowest BCUT2D eigenvalue weighted by Gasteiger charge is -2.17. The van der Waals surface area contributed by atoms with E-state index in [4.69, 9.17) is 31.1 Å². The molecule has 3 aromatic carbocycles. The summed E-state index contributed by atoms with van der Waals surface area (Å²) in [6.45, 7) is 5.66.